The molecule has 0 atom stereocenters. The Hall–Kier alpha value is -2.81. The molecular weight excluding hydrogens is 278 g/mol. The Morgan fingerprint density at radius 2 is 1.86 bits per heavy atom. The molecule has 3 rings (SSSR count). The zero-order chi connectivity index (χ0) is 15.5. The van der Waals surface area contributed by atoms with Gasteiger partial charge >= 0.3 is 0 Å². The zero-order valence-corrected chi connectivity index (χ0v) is 12.1. The number of anilines is 2. The van der Waals surface area contributed by atoms with Crippen LogP contribution in [0.4, 0.5) is 11.8 Å². The van der Waals surface area contributed by atoms with Crippen molar-refractivity contribution in [1.82, 2.24) is 9.97 Å². The molecular formula is C16H17N5O. The van der Waals surface area contributed by atoms with Gasteiger partial charge in [-0.1, -0.05) is 12.1 Å². The van der Waals surface area contributed by atoms with Crippen LogP contribution in [-0.2, 0) is 0 Å². The Morgan fingerprint density at radius 1 is 1.14 bits per heavy atom. The number of para-hydroxylation sites is 1. The van der Waals surface area contributed by atoms with Crippen molar-refractivity contribution in [2.24, 2.45) is 0 Å². The van der Waals surface area contributed by atoms with E-state index in [1.807, 2.05) is 30.3 Å². The summed E-state index contributed by atoms with van der Waals surface area (Å²) in [5.74, 6) is 0.825. The minimum absolute atomic E-state index is 0.0437. The number of nitrogens with two attached hydrogens (primary N) is 2. The van der Waals surface area contributed by atoms with Gasteiger partial charge in [0.25, 0.3) is 0 Å². The fraction of sp³-hybridized carbons (Fsp3) is 0.312. The predicted octanol–water partition coefficient (Wildman–Crippen LogP) is 2.50. The van der Waals surface area contributed by atoms with E-state index in [9.17, 15) is 5.26 Å². The Balaban J connectivity index is 2.07. The van der Waals surface area contributed by atoms with Crippen LogP contribution in [0.5, 0.6) is 5.75 Å². The third kappa shape index (κ3) is 2.66. The first kappa shape index (κ1) is 14.1. The van der Waals surface area contributed by atoms with E-state index < -0.39 is 0 Å². The number of nitrogens with zero attached hydrogens (tertiary/aromatic N) is 3. The molecule has 0 saturated heterocycles. The summed E-state index contributed by atoms with van der Waals surface area (Å²) in [5.41, 5.74) is 12.8. The average molecular weight is 295 g/mol. The van der Waals surface area contributed by atoms with Crippen LogP contribution in [0.25, 0.3) is 11.3 Å². The topological polar surface area (TPSA) is 111 Å². The van der Waals surface area contributed by atoms with Crippen molar-refractivity contribution in [2.75, 3.05) is 11.5 Å². The summed E-state index contributed by atoms with van der Waals surface area (Å²) in [6.07, 6.45) is 4.68. The van der Waals surface area contributed by atoms with Crippen LogP contribution in [0, 0.1) is 11.3 Å². The first-order valence-electron chi connectivity index (χ1n) is 7.28. The van der Waals surface area contributed by atoms with Crippen molar-refractivity contribution in [3.05, 3.63) is 29.8 Å². The highest BCUT2D eigenvalue weighted by Gasteiger charge is 2.21. The van der Waals surface area contributed by atoms with Crippen LogP contribution in [0.15, 0.2) is 24.3 Å². The van der Waals surface area contributed by atoms with Gasteiger partial charge in [-0.05, 0) is 37.8 Å². The monoisotopic (exact) mass is 295 g/mol. The number of benzene rings is 1. The van der Waals surface area contributed by atoms with E-state index in [0.29, 0.717) is 17.0 Å². The molecule has 0 aliphatic heterocycles. The average Bonchev–Trinajstić information content (AvgIpc) is 3.00. The lowest BCUT2D eigenvalue weighted by Crippen LogP contribution is -2.12. The molecule has 0 amide bonds. The second kappa shape index (κ2) is 5.90. The standard InChI is InChI=1S/C16H17N5O/c17-9-12-14(20-16(19)21-15(12)18)11-7-3-4-8-13(11)22-10-5-1-2-6-10/h3-4,7-8,10H,1-2,5-6H2,(H4,18,19,20,21). The van der Waals surface area contributed by atoms with Gasteiger partial charge in [-0.3, -0.25) is 0 Å². The minimum Gasteiger partial charge on any atom is -0.490 e. The van der Waals surface area contributed by atoms with E-state index in [-0.39, 0.29) is 23.4 Å². The number of nitriles is 1. The van der Waals surface area contributed by atoms with Gasteiger partial charge in [-0.2, -0.15) is 10.2 Å². The summed E-state index contributed by atoms with van der Waals surface area (Å²) >= 11 is 0. The predicted molar refractivity (Wildman–Crippen MR) is 83.9 cm³/mol. The molecule has 1 aromatic heterocycles. The lowest BCUT2D eigenvalue weighted by molar-refractivity contribution is 0.211. The lowest BCUT2D eigenvalue weighted by Gasteiger charge is -2.17. The highest BCUT2D eigenvalue weighted by Crippen LogP contribution is 2.35. The summed E-state index contributed by atoms with van der Waals surface area (Å²) in [7, 11) is 0. The summed E-state index contributed by atoms with van der Waals surface area (Å²) in [4.78, 5) is 8.04. The minimum atomic E-state index is 0.0437. The fourth-order valence-corrected chi connectivity index (χ4v) is 2.75. The molecule has 2 aromatic rings. The third-order valence-corrected chi connectivity index (χ3v) is 3.80. The van der Waals surface area contributed by atoms with Crippen LogP contribution >= 0.6 is 0 Å². The Labute approximate surface area is 128 Å². The maximum Gasteiger partial charge on any atom is 0.222 e. The highest BCUT2D eigenvalue weighted by atomic mass is 16.5. The van der Waals surface area contributed by atoms with Crippen molar-refractivity contribution >= 4 is 11.8 Å². The largest absolute Gasteiger partial charge is 0.490 e. The van der Waals surface area contributed by atoms with E-state index >= 15 is 0 Å². The molecule has 112 valence electrons. The van der Waals surface area contributed by atoms with Crippen LogP contribution < -0.4 is 16.2 Å². The number of hydrogen-bond donors (Lipinski definition) is 2. The molecule has 0 bridgehead atoms. The molecule has 6 nitrogen and oxygen atoms in total. The summed E-state index contributed by atoms with van der Waals surface area (Å²) in [6.45, 7) is 0. The summed E-state index contributed by atoms with van der Waals surface area (Å²) < 4.78 is 6.09. The van der Waals surface area contributed by atoms with Crippen molar-refractivity contribution in [1.29, 1.82) is 5.26 Å². The summed E-state index contributed by atoms with van der Waals surface area (Å²) in [6, 6.07) is 9.55. The highest BCUT2D eigenvalue weighted by molar-refractivity contribution is 5.77. The second-order valence-electron chi connectivity index (χ2n) is 5.32. The molecule has 0 spiro atoms. The number of ether oxygens (including phenoxy) is 1. The van der Waals surface area contributed by atoms with Gasteiger partial charge in [0.15, 0.2) is 0 Å². The molecule has 6 heteroatoms. The maximum absolute atomic E-state index is 9.33. The van der Waals surface area contributed by atoms with Crippen molar-refractivity contribution < 1.29 is 4.74 Å². The molecule has 22 heavy (non-hydrogen) atoms. The van der Waals surface area contributed by atoms with Gasteiger partial charge in [0.2, 0.25) is 5.95 Å². The van der Waals surface area contributed by atoms with Gasteiger partial charge in [0.05, 0.1) is 11.8 Å². The maximum atomic E-state index is 9.33. The number of aromatic nitrogens is 2. The van der Waals surface area contributed by atoms with E-state index in [1.54, 1.807) is 0 Å². The van der Waals surface area contributed by atoms with Crippen molar-refractivity contribution in [2.45, 2.75) is 31.8 Å². The Bertz CT molecular complexity index is 732. The quantitative estimate of drug-likeness (QED) is 0.900. The summed E-state index contributed by atoms with van der Waals surface area (Å²) in [5, 5.41) is 9.33. The van der Waals surface area contributed by atoms with Crippen LogP contribution in [-0.4, -0.2) is 16.1 Å². The van der Waals surface area contributed by atoms with Crippen LogP contribution in [0.3, 0.4) is 0 Å². The van der Waals surface area contributed by atoms with Gasteiger partial charge in [0.1, 0.15) is 23.2 Å². The normalized spacial score (nSPS) is 14.7. The molecule has 1 aliphatic rings. The Morgan fingerprint density at radius 3 is 2.59 bits per heavy atom. The van der Waals surface area contributed by atoms with Gasteiger partial charge in [-0.15, -0.1) is 0 Å². The smallest absolute Gasteiger partial charge is 0.222 e. The van der Waals surface area contributed by atoms with Crippen molar-refractivity contribution in [3.63, 3.8) is 0 Å². The first-order valence-corrected chi connectivity index (χ1v) is 7.28. The molecule has 0 radical (unpaired) electrons. The zero-order valence-electron chi connectivity index (χ0n) is 12.1. The first-order chi connectivity index (χ1) is 10.7. The van der Waals surface area contributed by atoms with Gasteiger partial charge < -0.3 is 16.2 Å². The number of nitrogen functional groups attached to an aromatic ring is 2. The second-order valence-corrected chi connectivity index (χ2v) is 5.32. The lowest BCUT2D eigenvalue weighted by atomic mass is 10.1. The molecule has 0 unspecified atom stereocenters. The van der Waals surface area contributed by atoms with Gasteiger partial charge in [-0.25, -0.2) is 4.98 Å². The van der Waals surface area contributed by atoms with Gasteiger partial charge in [0, 0.05) is 5.56 Å². The van der Waals surface area contributed by atoms with E-state index in [2.05, 4.69) is 9.97 Å². The fourth-order valence-electron chi connectivity index (χ4n) is 2.75. The Kier molecular flexibility index (Phi) is 3.79. The van der Waals surface area contributed by atoms with Crippen LogP contribution in [0.1, 0.15) is 31.2 Å². The number of hydrogen-bond acceptors (Lipinski definition) is 6. The molecule has 1 aromatic carbocycles. The third-order valence-electron chi connectivity index (χ3n) is 3.80. The molecule has 4 N–H and O–H groups in total. The molecule has 1 fully saturated rings. The SMILES string of the molecule is N#Cc1c(N)nc(N)nc1-c1ccccc1OC1CCCC1. The molecule has 1 saturated carbocycles. The van der Waals surface area contributed by atoms with Crippen molar-refractivity contribution in [3.8, 4) is 23.1 Å². The van der Waals surface area contributed by atoms with E-state index in [0.717, 1.165) is 12.8 Å². The van der Waals surface area contributed by atoms with E-state index in [4.69, 9.17) is 16.2 Å². The van der Waals surface area contributed by atoms with Crippen LogP contribution in [0.2, 0.25) is 0 Å². The molecule has 1 heterocycles. The molecule has 1 aliphatic carbocycles. The van der Waals surface area contributed by atoms with E-state index in [1.165, 1.54) is 12.8 Å². The number of rotatable bonds is 3.